The Kier molecular flexibility index (Phi) is 4.90. The van der Waals surface area contributed by atoms with Gasteiger partial charge in [-0.2, -0.15) is 0 Å². The van der Waals surface area contributed by atoms with E-state index in [1.54, 1.807) is 29.2 Å². The zero-order valence-electron chi connectivity index (χ0n) is 13.9. The summed E-state index contributed by atoms with van der Waals surface area (Å²) in [6.45, 7) is 2.03. The molecule has 1 saturated heterocycles. The summed E-state index contributed by atoms with van der Waals surface area (Å²) in [5.74, 6) is -0.0699. The minimum absolute atomic E-state index is 0.0475. The second kappa shape index (κ2) is 6.96. The quantitative estimate of drug-likeness (QED) is 0.437. The number of nitrogens with zero attached hydrogens (tertiary/aromatic N) is 2. The molecule has 0 bridgehead atoms. The minimum Gasteiger partial charge on any atom is -0.304 e. The summed E-state index contributed by atoms with van der Waals surface area (Å²) in [6, 6.07) is 14.8. The molecule has 1 aliphatic rings. The third kappa shape index (κ3) is 3.18. The Morgan fingerprint density at radius 3 is 2.60 bits per heavy atom. The Morgan fingerprint density at radius 2 is 1.96 bits per heavy atom. The van der Waals surface area contributed by atoms with Crippen LogP contribution in [0.1, 0.15) is 29.5 Å². The Hall–Kier alpha value is -2.21. The van der Waals surface area contributed by atoms with Crippen molar-refractivity contribution in [3.63, 3.8) is 0 Å². The number of piperidine rings is 1. The van der Waals surface area contributed by atoms with Gasteiger partial charge >= 0.3 is 0 Å². The van der Waals surface area contributed by atoms with E-state index in [4.69, 9.17) is 0 Å². The number of rotatable bonds is 4. The fourth-order valence-electron chi connectivity index (χ4n) is 3.42. The molecule has 1 heterocycles. The second-order valence-electron chi connectivity index (χ2n) is 6.40. The summed E-state index contributed by atoms with van der Waals surface area (Å²) in [5.41, 5.74) is 2.16. The maximum absolute atomic E-state index is 12.6. The molecule has 2 aromatic carbocycles. The third-order valence-electron chi connectivity index (χ3n) is 4.80. The highest BCUT2D eigenvalue weighted by Crippen LogP contribution is 2.38. The molecule has 0 saturated carbocycles. The maximum Gasteiger partial charge on any atom is 0.265 e. The van der Waals surface area contributed by atoms with E-state index >= 15 is 0 Å². The van der Waals surface area contributed by atoms with Crippen molar-refractivity contribution < 1.29 is 9.72 Å². The lowest BCUT2D eigenvalue weighted by Gasteiger charge is -2.37. The van der Waals surface area contributed by atoms with Crippen molar-refractivity contribution in [2.75, 3.05) is 11.4 Å². The molecule has 0 radical (unpaired) electrons. The van der Waals surface area contributed by atoms with Gasteiger partial charge in [-0.1, -0.05) is 64.0 Å². The van der Waals surface area contributed by atoms with E-state index in [-0.39, 0.29) is 30.2 Å². The first-order valence-electron chi connectivity index (χ1n) is 8.14. The maximum atomic E-state index is 12.6. The van der Waals surface area contributed by atoms with Crippen LogP contribution in [0.25, 0.3) is 0 Å². The van der Waals surface area contributed by atoms with Crippen LogP contribution in [0.5, 0.6) is 0 Å². The molecule has 1 aliphatic heterocycles. The van der Waals surface area contributed by atoms with Crippen LogP contribution < -0.4 is 4.90 Å². The summed E-state index contributed by atoms with van der Waals surface area (Å²) >= 11 is 3.46. The summed E-state index contributed by atoms with van der Waals surface area (Å²) in [4.78, 5) is 26.0. The predicted molar refractivity (Wildman–Crippen MR) is 101 cm³/mol. The van der Waals surface area contributed by atoms with E-state index in [2.05, 4.69) is 15.9 Å². The topological polar surface area (TPSA) is 63.4 Å². The zero-order chi connectivity index (χ0) is 18.0. The summed E-state index contributed by atoms with van der Waals surface area (Å²) in [7, 11) is 0. The number of amides is 1. The van der Waals surface area contributed by atoms with E-state index in [1.807, 2.05) is 31.2 Å². The van der Waals surface area contributed by atoms with Crippen LogP contribution in [0.15, 0.2) is 48.5 Å². The van der Waals surface area contributed by atoms with Gasteiger partial charge in [0.05, 0.1) is 0 Å². The Labute approximate surface area is 154 Å². The number of carbonyl (C=O) groups excluding carboxylic acids is 1. The average molecular weight is 403 g/mol. The molecule has 0 spiro atoms. The van der Waals surface area contributed by atoms with Crippen molar-refractivity contribution in [1.29, 1.82) is 0 Å². The highest BCUT2D eigenvalue weighted by molar-refractivity contribution is 9.08. The molecule has 6 heteroatoms. The molecule has 0 aromatic heterocycles. The highest BCUT2D eigenvalue weighted by atomic mass is 79.9. The van der Waals surface area contributed by atoms with Gasteiger partial charge in [0.15, 0.2) is 0 Å². The fourth-order valence-corrected chi connectivity index (χ4v) is 3.87. The molecule has 0 N–H and O–H groups in total. The normalized spacial score (nSPS) is 20.6. The molecular weight excluding hydrogens is 384 g/mol. The number of alkyl halides is 1. The first-order chi connectivity index (χ1) is 12.0. The monoisotopic (exact) mass is 402 g/mol. The van der Waals surface area contributed by atoms with E-state index in [0.717, 1.165) is 16.8 Å². The lowest BCUT2D eigenvalue weighted by Crippen LogP contribution is -2.53. The molecule has 2 aromatic rings. The number of carbonyl (C=O) groups is 1. The lowest BCUT2D eigenvalue weighted by molar-refractivity contribution is -0.578. The number of hydrogen-bond donors (Lipinski definition) is 0. The molecule has 0 aliphatic carbocycles. The van der Waals surface area contributed by atoms with Crippen LogP contribution >= 0.6 is 15.9 Å². The Balaban J connectivity index is 2.07. The number of halogens is 1. The third-order valence-corrected chi connectivity index (χ3v) is 5.41. The van der Waals surface area contributed by atoms with Crippen LogP contribution in [0.3, 0.4) is 0 Å². The standard InChI is InChI=1S/C19H19BrN2O3/c1-14-7-8-17(15(11-14)12-20)21-13-19(22(24)25,10-9-18(21)23)16-5-3-2-4-6-16/h2-8,11H,9-10,12-13H2,1H3. The number of benzene rings is 2. The number of anilines is 1. The van der Waals surface area contributed by atoms with Crippen LogP contribution in [0, 0.1) is 17.0 Å². The van der Waals surface area contributed by atoms with E-state index < -0.39 is 5.54 Å². The fraction of sp³-hybridized carbons (Fsp3) is 0.316. The van der Waals surface area contributed by atoms with Crippen LogP contribution in [0.4, 0.5) is 5.69 Å². The van der Waals surface area contributed by atoms with Crippen molar-refractivity contribution in [2.24, 2.45) is 0 Å². The lowest BCUT2D eigenvalue weighted by atomic mass is 9.82. The molecule has 1 amide bonds. The van der Waals surface area contributed by atoms with E-state index in [1.165, 1.54) is 0 Å². The van der Waals surface area contributed by atoms with Gasteiger partial charge in [-0.3, -0.25) is 14.9 Å². The second-order valence-corrected chi connectivity index (χ2v) is 6.96. The molecular formula is C19H19BrN2O3. The first kappa shape index (κ1) is 17.6. The van der Waals surface area contributed by atoms with Crippen molar-refractivity contribution >= 4 is 27.5 Å². The Bertz CT molecular complexity index is 810. The van der Waals surface area contributed by atoms with Gasteiger partial charge in [0.2, 0.25) is 5.91 Å². The molecule has 1 atom stereocenters. The molecule has 130 valence electrons. The summed E-state index contributed by atoms with van der Waals surface area (Å²) in [6.07, 6.45) is 0.375. The summed E-state index contributed by atoms with van der Waals surface area (Å²) < 4.78 is 0. The van der Waals surface area contributed by atoms with Gasteiger partial charge in [-0.05, 0) is 18.6 Å². The van der Waals surface area contributed by atoms with Crippen molar-refractivity contribution in [2.45, 2.75) is 30.6 Å². The number of aryl methyl sites for hydroxylation is 1. The van der Waals surface area contributed by atoms with Crippen molar-refractivity contribution in [3.05, 3.63) is 75.3 Å². The SMILES string of the molecule is Cc1ccc(N2CC(c3ccccc3)([N+](=O)[O-])CCC2=O)c(CBr)c1. The molecule has 1 fully saturated rings. The predicted octanol–water partition coefficient (Wildman–Crippen LogP) is 4.19. The van der Waals surface area contributed by atoms with Gasteiger partial charge in [-0.15, -0.1) is 0 Å². The van der Waals surface area contributed by atoms with Gasteiger partial charge in [0.1, 0.15) is 6.54 Å². The number of nitro groups is 1. The smallest absolute Gasteiger partial charge is 0.265 e. The van der Waals surface area contributed by atoms with E-state index in [9.17, 15) is 14.9 Å². The van der Waals surface area contributed by atoms with Gasteiger partial charge in [-0.25, -0.2) is 0 Å². The van der Waals surface area contributed by atoms with E-state index in [0.29, 0.717) is 10.9 Å². The minimum atomic E-state index is -1.27. The van der Waals surface area contributed by atoms with Crippen LogP contribution in [-0.2, 0) is 15.7 Å². The molecule has 25 heavy (non-hydrogen) atoms. The van der Waals surface area contributed by atoms with Crippen molar-refractivity contribution in [1.82, 2.24) is 0 Å². The largest absolute Gasteiger partial charge is 0.304 e. The average Bonchev–Trinajstić information content (AvgIpc) is 2.63. The zero-order valence-corrected chi connectivity index (χ0v) is 15.5. The van der Waals surface area contributed by atoms with Crippen molar-refractivity contribution in [3.8, 4) is 0 Å². The molecule has 5 nitrogen and oxygen atoms in total. The van der Waals surface area contributed by atoms with Crippen LogP contribution in [0.2, 0.25) is 0 Å². The first-order valence-corrected chi connectivity index (χ1v) is 9.26. The van der Waals surface area contributed by atoms with Gasteiger partial charge in [0.25, 0.3) is 5.54 Å². The highest BCUT2D eigenvalue weighted by Gasteiger charge is 2.51. The molecule has 3 rings (SSSR count). The van der Waals surface area contributed by atoms with Gasteiger partial charge in [0, 0.05) is 34.3 Å². The Morgan fingerprint density at radius 1 is 1.24 bits per heavy atom. The number of hydrogen-bond acceptors (Lipinski definition) is 3. The summed E-state index contributed by atoms with van der Waals surface area (Å²) in [5, 5.41) is 12.6. The van der Waals surface area contributed by atoms with Gasteiger partial charge < -0.3 is 4.90 Å². The van der Waals surface area contributed by atoms with Crippen LogP contribution in [-0.4, -0.2) is 17.4 Å². The molecule has 1 unspecified atom stereocenters.